The number of aromatic amines is 1. The summed E-state index contributed by atoms with van der Waals surface area (Å²) in [6, 6.07) is 6.86. The lowest BCUT2D eigenvalue weighted by Gasteiger charge is -2.33. The van der Waals surface area contributed by atoms with Crippen molar-refractivity contribution >= 4 is 10.0 Å². The number of aromatic nitrogens is 2. The summed E-state index contributed by atoms with van der Waals surface area (Å²) in [5.41, 5.74) is 2.10. The number of rotatable bonds is 3. The SMILES string of the molecule is O=S(=O)(c1ccc(OC(F)(F)F)cc1)N1[C@H]2c3cn[nH]c3C[C@@H]1c1cccc(F)c12. The van der Waals surface area contributed by atoms with Gasteiger partial charge in [-0.15, -0.1) is 13.2 Å². The van der Waals surface area contributed by atoms with E-state index in [0.29, 0.717) is 11.1 Å². The zero-order valence-corrected chi connectivity index (χ0v) is 15.8. The Balaban J connectivity index is 1.60. The van der Waals surface area contributed by atoms with E-state index in [2.05, 4.69) is 14.9 Å². The number of alkyl halides is 3. The quantitative estimate of drug-likeness (QED) is 0.630. The predicted octanol–water partition coefficient (Wildman–Crippen LogP) is 3.84. The molecule has 2 aliphatic rings. The molecule has 5 rings (SSSR count). The molecule has 6 nitrogen and oxygen atoms in total. The molecule has 0 unspecified atom stereocenters. The third kappa shape index (κ3) is 2.80. The van der Waals surface area contributed by atoms with Gasteiger partial charge in [-0.3, -0.25) is 5.10 Å². The lowest BCUT2D eigenvalue weighted by molar-refractivity contribution is -0.274. The Hall–Kier alpha value is -2.92. The molecule has 11 heteroatoms. The van der Waals surface area contributed by atoms with Crippen LogP contribution in [-0.2, 0) is 16.4 Å². The standard InChI is InChI=1S/C19H13F4N3O3S/c20-14-3-1-2-12-16-8-15-13(9-24-25-15)18(17(12)14)26(16)30(27,28)11-6-4-10(5-7-11)29-19(21,22)23/h1-7,9,16,18H,8H2,(H,24,25)/t16-,18+/m1/s1. The van der Waals surface area contributed by atoms with E-state index in [9.17, 15) is 26.0 Å². The van der Waals surface area contributed by atoms with E-state index in [1.807, 2.05) is 0 Å². The number of ether oxygens (including phenoxy) is 1. The van der Waals surface area contributed by atoms with Crippen molar-refractivity contribution in [3.8, 4) is 5.75 Å². The number of nitrogens with one attached hydrogen (secondary N) is 1. The fourth-order valence-electron chi connectivity index (χ4n) is 4.23. The number of halogens is 4. The van der Waals surface area contributed by atoms with Crippen LogP contribution in [0.3, 0.4) is 0 Å². The summed E-state index contributed by atoms with van der Waals surface area (Å²) >= 11 is 0. The van der Waals surface area contributed by atoms with E-state index in [1.165, 1.54) is 22.6 Å². The molecule has 0 spiro atoms. The van der Waals surface area contributed by atoms with Gasteiger partial charge in [-0.25, -0.2) is 12.8 Å². The van der Waals surface area contributed by atoms with E-state index in [-0.39, 0.29) is 16.9 Å². The predicted molar refractivity (Wildman–Crippen MR) is 95.4 cm³/mol. The Bertz CT molecular complexity index is 1240. The van der Waals surface area contributed by atoms with Crippen LogP contribution in [0.1, 0.15) is 34.5 Å². The van der Waals surface area contributed by atoms with Gasteiger partial charge in [-0.2, -0.15) is 9.40 Å². The van der Waals surface area contributed by atoms with Crippen LogP contribution < -0.4 is 4.74 Å². The Morgan fingerprint density at radius 1 is 1.10 bits per heavy atom. The van der Waals surface area contributed by atoms with Gasteiger partial charge >= 0.3 is 6.36 Å². The first kappa shape index (κ1) is 19.1. The summed E-state index contributed by atoms with van der Waals surface area (Å²) in [5.74, 6) is -1.06. The van der Waals surface area contributed by atoms with Crippen LogP contribution in [0.15, 0.2) is 53.6 Å². The number of hydrogen-bond donors (Lipinski definition) is 1. The van der Waals surface area contributed by atoms with Crippen LogP contribution in [0.5, 0.6) is 5.75 Å². The summed E-state index contributed by atoms with van der Waals surface area (Å²) in [6.07, 6.45) is -3.14. The number of hydrogen-bond acceptors (Lipinski definition) is 4. The van der Waals surface area contributed by atoms with Crippen molar-refractivity contribution in [1.82, 2.24) is 14.5 Å². The maximum atomic E-state index is 14.7. The van der Waals surface area contributed by atoms with Crippen molar-refractivity contribution < 1.29 is 30.7 Å². The van der Waals surface area contributed by atoms with Gasteiger partial charge in [0.2, 0.25) is 10.0 Å². The second-order valence-electron chi connectivity index (χ2n) is 7.02. The van der Waals surface area contributed by atoms with Crippen LogP contribution in [0.25, 0.3) is 0 Å². The van der Waals surface area contributed by atoms with Crippen LogP contribution in [-0.4, -0.2) is 29.3 Å². The van der Waals surface area contributed by atoms with Gasteiger partial charge < -0.3 is 4.74 Å². The fourth-order valence-corrected chi connectivity index (χ4v) is 5.97. The minimum Gasteiger partial charge on any atom is -0.406 e. The highest BCUT2D eigenvalue weighted by Crippen LogP contribution is 2.54. The lowest BCUT2D eigenvalue weighted by Crippen LogP contribution is -2.37. The van der Waals surface area contributed by atoms with Gasteiger partial charge in [0, 0.05) is 23.2 Å². The first-order chi connectivity index (χ1) is 14.2. The molecule has 0 amide bonds. The molecule has 0 radical (unpaired) electrons. The van der Waals surface area contributed by atoms with Crippen molar-refractivity contribution in [2.75, 3.05) is 0 Å². The van der Waals surface area contributed by atoms with Crippen molar-refractivity contribution in [3.05, 3.63) is 76.9 Å². The number of fused-ring (bicyclic) bond motifs is 7. The molecule has 0 saturated heterocycles. The Kier molecular flexibility index (Phi) is 4.00. The monoisotopic (exact) mass is 439 g/mol. The molecule has 30 heavy (non-hydrogen) atoms. The first-order valence-corrected chi connectivity index (χ1v) is 10.3. The van der Waals surface area contributed by atoms with Gasteiger partial charge in [0.05, 0.1) is 23.2 Å². The van der Waals surface area contributed by atoms with Crippen LogP contribution in [0, 0.1) is 5.82 Å². The maximum absolute atomic E-state index is 14.7. The van der Waals surface area contributed by atoms with Crippen molar-refractivity contribution in [2.24, 2.45) is 0 Å². The van der Waals surface area contributed by atoms with Gasteiger partial charge in [-0.1, -0.05) is 12.1 Å². The van der Waals surface area contributed by atoms with E-state index >= 15 is 0 Å². The molecule has 1 aromatic heterocycles. The average Bonchev–Trinajstić information content (AvgIpc) is 3.23. The maximum Gasteiger partial charge on any atom is 0.573 e. The van der Waals surface area contributed by atoms with Gasteiger partial charge in [0.1, 0.15) is 11.6 Å². The molecular weight excluding hydrogens is 426 g/mol. The molecule has 0 fully saturated rings. The Morgan fingerprint density at radius 2 is 1.83 bits per heavy atom. The number of nitrogens with zero attached hydrogens (tertiary/aromatic N) is 2. The molecule has 0 aliphatic carbocycles. The molecule has 3 aromatic rings. The smallest absolute Gasteiger partial charge is 0.406 e. The molecule has 2 aromatic carbocycles. The third-order valence-electron chi connectivity index (χ3n) is 5.36. The van der Waals surface area contributed by atoms with Crippen LogP contribution in [0.2, 0.25) is 0 Å². The van der Waals surface area contributed by atoms with E-state index in [0.717, 1.165) is 30.0 Å². The highest BCUT2D eigenvalue weighted by Gasteiger charge is 2.52. The highest BCUT2D eigenvalue weighted by atomic mass is 32.2. The minimum absolute atomic E-state index is 0.216. The summed E-state index contributed by atoms with van der Waals surface area (Å²) in [4.78, 5) is -0.216. The van der Waals surface area contributed by atoms with Gasteiger partial charge in [0.25, 0.3) is 0 Å². The average molecular weight is 439 g/mol. The van der Waals surface area contributed by atoms with Crippen LogP contribution >= 0.6 is 0 Å². The molecule has 2 atom stereocenters. The molecule has 2 bridgehead atoms. The van der Waals surface area contributed by atoms with E-state index in [1.54, 1.807) is 6.07 Å². The largest absolute Gasteiger partial charge is 0.573 e. The van der Waals surface area contributed by atoms with E-state index < -0.39 is 40.0 Å². The minimum atomic E-state index is -4.89. The van der Waals surface area contributed by atoms with Gasteiger partial charge in [0.15, 0.2) is 0 Å². The Labute approximate surface area is 168 Å². The third-order valence-corrected chi connectivity index (χ3v) is 7.25. The zero-order chi connectivity index (χ0) is 21.3. The van der Waals surface area contributed by atoms with Gasteiger partial charge in [-0.05, 0) is 35.9 Å². The molecule has 2 aliphatic heterocycles. The molecular formula is C19H13F4N3O3S. The summed E-state index contributed by atoms with van der Waals surface area (Å²) in [7, 11) is -4.18. The number of benzene rings is 2. The summed E-state index contributed by atoms with van der Waals surface area (Å²) in [6.45, 7) is 0. The van der Waals surface area contributed by atoms with Crippen molar-refractivity contribution in [3.63, 3.8) is 0 Å². The summed E-state index contributed by atoms with van der Waals surface area (Å²) in [5, 5.41) is 6.80. The normalized spacial score (nSPS) is 20.7. The highest BCUT2D eigenvalue weighted by molar-refractivity contribution is 7.89. The fraction of sp³-hybridized carbons (Fsp3) is 0.211. The lowest BCUT2D eigenvalue weighted by atomic mass is 10.00. The van der Waals surface area contributed by atoms with Crippen molar-refractivity contribution in [2.45, 2.75) is 29.8 Å². The Morgan fingerprint density at radius 3 is 2.53 bits per heavy atom. The molecule has 156 valence electrons. The van der Waals surface area contributed by atoms with Crippen LogP contribution in [0.4, 0.5) is 17.6 Å². The van der Waals surface area contributed by atoms with Crippen molar-refractivity contribution in [1.29, 1.82) is 0 Å². The second-order valence-corrected chi connectivity index (χ2v) is 8.87. The second kappa shape index (κ2) is 6.29. The molecule has 1 N–H and O–H groups in total. The van der Waals surface area contributed by atoms with E-state index in [4.69, 9.17) is 0 Å². The summed E-state index contributed by atoms with van der Waals surface area (Å²) < 4.78 is 83.8. The number of sulfonamides is 1. The number of H-pyrrole nitrogens is 1. The molecule has 0 saturated carbocycles. The first-order valence-electron chi connectivity index (χ1n) is 8.86. The zero-order valence-electron chi connectivity index (χ0n) is 15.0. The molecule has 3 heterocycles. The topological polar surface area (TPSA) is 75.3 Å².